The molecular formula is C23H23ClN4O2S. The van der Waals surface area contributed by atoms with Crippen molar-refractivity contribution in [2.45, 2.75) is 25.4 Å². The Bertz CT molecular complexity index is 1100. The number of hydrogen-bond donors (Lipinski definition) is 1. The number of halogens is 1. The second-order valence-corrected chi connectivity index (χ2v) is 8.18. The average Bonchev–Trinajstić information content (AvgIpc) is 3.38. The fourth-order valence-electron chi connectivity index (χ4n) is 3.93. The van der Waals surface area contributed by atoms with E-state index < -0.39 is 0 Å². The fourth-order valence-corrected chi connectivity index (χ4v) is 4.38. The summed E-state index contributed by atoms with van der Waals surface area (Å²) < 4.78 is 6.97. The van der Waals surface area contributed by atoms with Gasteiger partial charge in [-0.1, -0.05) is 17.7 Å². The number of hydrogen-bond acceptors (Lipinski definition) is 4. The van der Waals surface area contributed by atoms with Crippen LogP contribution in [0.5, 0.6) is 0 Å². The van der Waals surface area contributed by atoms with Crippen LogP contribution in [0, 0.1) is 6.92 Å². The van der Waals surface area contributed by atoms with Gasteiger partial charge >= 0.3 is 5.97 Å². The normalized spacial score (nSPS) is 18.2. The van der Waals surface area contributed by atoms with Crippen LogP contribution in [0.1, 0.15) is 35.5 Å². The van der Waals surface area contributed by atoms with E-state index in [2.05, 4.69) is 27.0 Å². The zero-order valence-electron chi connectivity index (χ0n) is 17.3. The number of methoxy groups -OCH3 is 1. The molecule has 0 amide bonds. The Morgan fingerprint density at radius 1 is 1.26 bits per heavy atom. The Morgan fingerprint density at radius 3 is 2.81 bits per heavy atom. The van der Waals surface area contributed by atoms with Crippen LogP contribution in [0.15, 0.2) is 60.9 Å². The van der Waals surface area contributed by atoms with Crippen LogP contribution in [0.25, 0.3) is 5.69 Å². The van der Waals surface area contributed by atoms with Crippen LogP contribution in [0.2, 0.25) is 5.02 Å². The summed E-state index contributed by atoms with van der Waals surface area (Å²) >= 11 is 11.9. The quantitative estimate of drug-likeness (QED) is 0.441. The van der Waals surface area contributed by atoms with E-state index in [0.717, 1.165) is 27.7 Å². The van der Waals surface area contributed by atoms with Crippen molar-refractivity contribution in [2.75, 3.05) is 13.7 Å². The van der Waals surface area contributed by atoms with Crippen LogP contribution in [-0.4, -0.2) is 39.2 Å². The standard InChI is InChI=1S/C23H23ClN4O2S/c1-15-14-16(8-9-17(15)24)27-12-5-7-19(27)22-21(18-6-3-4-11-25-18)26-23(31)28(22)13-10-20(29)30-2/h3-9,11-12,14,21-22H,10,13H2,1-2H3,(H,26,31)/t21-,22-/m1/s1. The minimum Gasteiger partial charge on any atom is -0.469 e. The van der Waals surface area contributed by atoms with Gasteiger partial charge in [0.15, 0.2) is 5.11 Å². The third-order valence-corrected chi connectivity index (χ3v) is 6.26. The van der Waals surface area contributed by atoms with Gasteiger partial charge in [0.2, 0.25) is 0 Å². The molecule has 1 aliphatic heterocycles. The van der Waals surface area contributed by atoms with E-state index in [1.807, 2.05) is 54.4 Å². The van der Waals surface area contributed by atoms with E-state index in [1.165, 1.54) is 7.11 Å². The van der Waals surface area contributed by atoms with Gasteiger partial charge in [0.1, 0.15) is 0 Å². The summed E-state index contributed by atoms with van der Waals surface area (Å²) in [6.45, 7) is 2.43. The SMILES string of the molecule is COC(=O)CCN1C(=S)N[C@H](c2ccccn2)[C@H]1c1cccn1-c1ccc(Cl)c(C)c1. The van der Waals surface area contributed by atoms with Gasteiger partial charge in [-0.2, -0.15) is 0 Å². The van der Waals surface area contributed by atoms with Crippen molar-refractivity contribution < 1.29 is 9.53 Å². The number of nitrogens with zero attached hydrogens (tertiary/aromatic N) is 3. The molecule has 3 aromatic rings. The van der Waals surface area contributed by atoms with Crippen molar-refractivity contribution in [3.8, 4) is 5.69 Å². The van der Waals surface area contributed by atoms with Crippen molar-refractivity contribution in [1.29, 1.82) is 0 Å². The second kappa shape index (κ2) is 9.08. The summed E-state index contributed by atoms with van der Waals surface area (Å²) in [6, 6.07) is 15.6. The Morgan fingerprint density at radius 2 is 2.10 bits per heavy atom. The van der Waals surface area contributed by atoms with Crippen LogP contribution in [-0.2, 0) is 9.53 Å². The Hall–Kier alpha value is -2.90. The lowest BCUT2D eigenvalue weighted by atomic mass is 10.0. The van der Waals surface area contributed by atoms with Gasteiger partial charge in [0.05, 0.1) is 31.3 Å². The molecule has 1 aliphatic rings. The van der Waals surface area contributed by atoms with Gasteiger partial charge in [0, 0.05) is 35.3 Å². The van der Waals surface area contributed by atoms with E-state index in [1.54, 1.807) is 6.20 Å². The smallest absolute Gasteiger partial charge is 0.307 e. The summed E-state index contributed by atoms with van der Waals surface area (Å²) in [5.74, 6) is -0.272. The fraction of sp³-hybridized carbons (Fsp3) is 0.261. The van der Waals surface area contributed by atoms with Crippen molar-refractivity contribution in [2.24, 2.45) is 0 Å². The number of pyridine rings is 1. The molecular weight excluding hydrogens is 432 g/mol. The zero-order valence-corrected chi connectivity index (χ0v) is 18.9. The first-order valence-corrected chi connectivity index (χ1v) is 10.8. The van der Waals surface area contributed by atoms with Crippen LogP contribution >= 0.6 is 23.8 Å². The Kier molecular flexibility index (Phi) is 6.25. The maximum absolute atomic E-state index is 11.8. The highest BCUT2D eigenvalue weighted by Gasteiger charge is 2.41. The van der Waals surface area contributed by atoms with Gasteiger partial charge < -0.3 is 19.5 Å². The Labute approximate surface area is 191 Å². The van der Waals surface area contributed by atoms with E-state index in [-0.39, 0.29) is 24.5 Å². The number of carbonyl (C=O) groups excluding carboxylic acids is 1. The molecule has 1 fully saturated rings. The number of ether oxygens (including phenoxy) is 1. The lowest BCUT2D eigenvalue weighted by Gasteiger charge is -2.28. The summed E-state index contributed by atoms with van der Waals surface area (Å²) in [4.78, 5) is 18.4. The number of aromatic nitrogens is 2. The monoisotopic (exact) mass is 454 g/mol. The lowest BCUT2D eigenvalue weighted by molar-refractivity contribution is -0.140. The number of benzene rings is 1. The molecule has 0 radical (unpaired) electrons. The van der Waals surface area contributed by atoms with Gasteiger partial charge in [-0.05, 0) is 67.2 Å². The molecule has 2 atom stereocenters. The molecule has 4 rings (SSSR count). The van der Waals surface area contributed by atoms with Crippen LogP contribution < -0.4 is 5.32 Å². The highest BCUT2D eigenvalue weighted by Crippen LogP contribution is 2.39. The molecule has 0 saturated carbocycles. The molecule has 31 heavy (non-hydrogen) atoms. The molecule has 8 heteroatoms. The largest absolute Gasteiger partial charge is 0.469 e. The predicted octanol–water partition coefficient (Wildman–Crippen LogP) is 4.37. The highest BCUT2D eigenvalue weighted by molar-refractivity contribution is 7.80. The molecule has 1 aromatic carbocycles. The molecule has 160 valence electrons. The number of aryl methyl sites for hydroxylation is 1. The predicted molar refractivity (Wildman–Crippen MR) is 124 cm³/mol. The summed E-state index contributed by atoms with van der Waals surface area (Å²) in [6.07, 6.45) is 4.04. The molecule has 6 nitrogen and oxygen atoms in total. The van der Waals surface area contributed by atoms with E-state index >= 15 is 0 Å². The molecule has 0 unspecified atom stereocenters. The van der Waals surface area contributed by atoms with Crippen molar-refractivity contribution in [3.63, 3.8) is 0 Å². The summed E-state index contributed by atoms with van der Waals surface area (Å²) in [5.41, 5.74) is 3.93. The number of thiocarbonyl (C=S) groups is 1. The lowest BCUT2D eigenvalue weighted by Crippen LogP contribution is -2.32. The maximum atomic E-state index is 11.8. The first kappa shape index (κ1) is 21.3. The maximum Gasteiger partial charge on any atom is 0.307 e. The molecule has 1 saturated heterocycles. The van der Waals surface area contributed by atoms with E-state index in [4.69, 9.17) is 28.6 Å². The second-order valence-electron chi connectivity index (χ2n) is 7.38. The number of nitrogens with one attached hydrogen (secondary N) is 1. The number of rotatable bonds is 6. The van der Waals surface area contributed by atoms with Gasteiger partial charge in [-0.3, -0.25) is 9.78 Å². The summed E-state index contributed by atoms with van der Waals surface area (Å²) in [5, 5.41) is 4.72. The molecule has 0 bridgehead atoms. The van der Waals surface area contributed by atoms with Crippen molar-refractivity contribution >= 4 is 34.9 Å². The topological polar surface area (TPSA) is 59.4 Å². The average molecular weight is 455 g/mol. The van der Waals surface area contributed by atoms with E-state index in [0.29, 0.717) is 11.7 Å². The van der Waals surface area contributed by atoms with Crippen molar-refractivity contribution in [3.05, 3.63) is 82.9 Å². The van der Waals surface area contributed by atoms with Crippen LogP contribution in [0.3, 0.4) is 0 Å². The molecule has 0 spiro atoms. The first-order valence-electron chi connectivity index (χ1n) is 9.98. The van der Waals surface area contributed by atoms with Gasteiger partial charge in [-0.15, -0.1) is 0 Å². The van der Waals surface area contributed by atoms with Crippen LogP contribution in [0.4, 0.5) is 0 Å². The molecule has 0 aliphatic carbocycles. The minimum absolute atomic E-state index is 0.155. The minimum atomic E-state index is -0.272. The van der Waals surface area contributed by atoms with Gasteiger partial charge in [-0.25, -0.2) is 0 Å². The summed E-state index contributed by atoms with van der Waals surface area (Å²) in [7, 11) is 1.39. The highest BCUT2D eigenvalue weighted by atomic mass is 35.5. The number of carbonyl (C=O) groups is 1. The molecule has 2 aromatic heterocycles. The van der Waals surface area contributed by atoms with Gasteiger partial charge in [0.25, 0.3) is 0 Å². The van der Waals surface area contributed by atoms with Crippen molar-refractivity contribution in [1.82, 2.24) is 19.8 Å². The first-order chi connectivity index (χ1) is 15.0. The molecule has 1 N–H and O–H groups in total. The zero-order chi connectivity index (χ0) is 22.0. The molecule has 3 heterocycles. The third kappa shape index (κ3) is 4.29. The number of esters is 1. The Balaban J connectivity index is 1.77. The third-order valence-electron chi connectivity index (χ3n) is 5.49. The van der Waals surface area contributed by atoms with E-state index in [9.17, 15) is 4.79 Å².